The number of rotatable bonds is 3. The van der Waals surface area contributed by atoms with Gasteiger partial charge in [-0.15, -0.1) is 0 Å². The molecule has 0 unspecified atom stereocenters. The molecule has 1 aromatic carbocycles. The van der Waals surface area contributed by atoms with Crippen LogP contribution in [0.3, 0.4) is 0 Å². The van der Waals surface area contributed by atoms with Crippen LogP contribution in [-0.2, 0) is 6.42 Å². The van der Waals surface area contributed by atoms with Crippen molar-refractivity contribution in [3.05, 3.63) is 43.3 Å². The summed E-state index contributed by atoms with van der Waals surface area (Å²) >= 11 is 0. The van der Waals surface area contributed by atoms with E-state index in [-0.39, 0.29) is 26.3 Å². The first-order valence-corrected chi connectivity index (χ1v) is 3.97. The molecule has 0 bridgehead atoms. The van der Waals surface area contributed by atoms with E-state index in [4.69, 9.17) is 0 Å². The van der Waals surface area contributed by atoms with Crippen LogP contribution in [0, 0.1) is 7.43 Å². The molecule has 1 aromatic rings. The molecule has 62 valence electrons. The molecule has 0 heterocycles. The van der Waals surface area contributed by atoms with Crippen molar-refractivity contribution >= 4 is 0 Å². The maximum absolute atomic E-state index is 2.23. The normalized spacial score (nSPS) is 8.08. The molecule has 1 rings (SSSR count). The second-order valence-electron chi connectivity index (χ2n) is 2.59. The van der Waals surface area contributed by atoms with Gasteiger partial charge in [-0.25, -0.2) is 0 Å². The van der Waals surface area contributed by atoms with Crippen LogP contribution >= 0.6 is 0 Å². The summed E-state index contributed by atoms with van der Waals surface area (Å²) in [6.45, 7) is 2.23. The van der Waals surface area contributed by atoms with Crippen LogP contribution in [0.25, 0.3) is 0 Å². The zero-order valence-electron chi connectivity index (χ0n) is 8.51. The fourth-order valence-corrected chi connectivity index (χ4v) is 1.03. The van der Waals surface area contributed by atoms with Gasteiger partial charge in [-0.1, -0.05) is 43.7 Å². The summed E-state index contributed by atoms with van der Waals surface area (Å²) in [5.74, 6) is 0. The molecule has 0 aliphatic rings. The van der Waals surface area contributed by atoms with Crippen LogP contribution in [-0.4, -0.2) is 0 Å². The largest absolute Gasteiger partial charge is 1.00 e. The fourth-order valence-electron chi connectivity index (χ4n) is 1.03. The van der Waals surface area contributed by atoms with Gasteiger partial charge < -0.3 is 7.43 Å². The Labute approximate surface area is 88.6 Å². The van der Waals surface area contributed by atoms with E-state index in [0.29, 0.717) is 0 Å². The number of aryl methyl sites for hydroxylation is 1. The maximum Gasteiger partial charge on any atom is 1.00 e. The molecule has 0 saturated heterocycles. The molecule has 12 heavy (non-hydrogen) atoms. The summed E-state index contributed by atoms with van der Waals surface area (Å²) in [5.41, 5.74) is 1.46. The van der Waals surface area contributed by atoms with E-state index in [9.17, 15) is 0 Å². The smallest absolute Gasteiger partial charge is 0.358 e. The molecule has 0 aromatic heterocycles. The van der Waals surface area contributed by atoms with Crippen LogP contribution in [0.4, 0.5) is 0 Å². The molecule has 0 amide bonds. The van der Waals surface area contributed by atoms with Crippen LogP contribution in [0.2, 0.25) is 0 Å². The van der Waals surface area contributed by atoms with Gasteiger partial charge in [-0.05, 0) is 18.4 Å². The summed E-state index contributed by atoms with van der Waals surface area (Å²) in [7, 11) is 0. The Morgan fingerprint density at radius 2 is 1.67 bits per heavy atom. The van der Waals surface area contributed by atoms with Gasteiger partial charge in [0.2, 0.25) is 0 Å². The molecular formula is C11H17Li. The standard InChI is InChI=1S/C10H14.CH3.Li/c1-2-3-7-10-8-5-4-6-9-10;;/h4-6,8-9H,2-3,7H2,1H3;1H3;/q;-1;+1. The van der Waals surface area contributed by atoms with Crippen LogP contribution in [0.5, 0.6) is 0 Å². The van der Waals surface area contributed by atoms with Crippen molar-refractivity contribution < 1.29 is 18.9 Å². The molecule has 0 saturated carbocycles. The van der Waals surface area contributed by atoms with Crippen molar-refractivity contribution in [2.75, 3.05) is 0 Å². The second kappa shape index (κ2) is 8.91. The number of unbranched alkanes of at least 4 members (excludes halogenated alkanes) is 1. The van der Waals surface area contributed by atoms with Crippen molar-refractivity contribution in [1.82, 2.24) is 0 Å². The first kappa shape index (κ1) is 14.3. The Balaban J connectivity index is 0. The minimum atomic E-state index is 0. The van der Waals surface area contributed by atoms with Crippen molar-refractivity contribution in [3.63, 3.8) is 0 Å². The number of hydrogen-bond donors (Lipinski definition) is 0. The third-order valence-electron chi connectivity index (χ3n) is 1.66. The molecule has 0 N–H and O–H groups in total. The van der Waals surface area contributed by atoms with E-state index in [1.165, 1.54) is 24.8 Å². The van der Waals surface area contributed by atoms with E-state index >= 15 is 0 Å². The quantitative estimate of drug-likeness (QED) is 0.441. The summed E-state index contributed by atoms with van der Waals surface area (Å²) in [5, 5.41) is 0. The second-order valence-corrected chi connectivity index (χ2v) is 2.59. The number of hydrogen-bond acceptors (Lipinski definition) is 0. The monoisotopic (exact) mass is 156 g/mol. The molecule has 0 atom stereocenters. The minimum absolute atomic E-state index is 0. The van der Waals surface area contributed by atoms with E-state index in [1.807, 2.05) is 0 Å². The Kier molecular flexibility index (Phi) is 10.7. The van der Waals surface area contributed by atoms with Gasteiger partial charge in [-0.2, -0.15) is 0 Å². The van der Waals surface area contributed by atoms with Gasteiger partial charge in [-0.3, -0.25) is 0 Å². The van der Waals surface area contributed by atoms with E-state index < -0.39 is 0 Å². The Morgan fingerprint density at radius 1 is 1.08 bits per heavy atom. The van der Waals surface area contributed by atoms with Gasteiger partial charge in [0.15, 0.2) is 0 Å². The molecule has 0 radical (unpaired) electrons. The Morgan fingerprint density at radius 3 is 2.17 bits per heavy atom. The zero-order chi connectivity index (χ0) is 7.23. The van der Waals surface area contributed by atoms with Crippen LogP contribution in [0.15, 0.2) is 30.3 Å². The average Bonchev–Trinajstić information content (AvgIpc) is 2.03. The van der Waals surface area contributed by atoms with Gasteiger partial charge in [0, 0.05) is 0 Å². The predicted octanol–water partition coefficient (Wildman–Crippen LogP) is 0.483. The first-order chi connectivity index (χ1) is 4.93. The summed E-state index contributed by atoms with van der Waals surface area (Å²) < 4.78 is 0. The summed E-state index contributed by atoms with van der Waals surface area (Å²) in [6.07, 6.45) is 3.83. The maximum atomic E-state index is 2.23. The topological polar surface area (TPSA) is 0 Å². The van der Waals surface area contributed by atoms with Crippen LogP contribution in [0.1, 0.15) is 25.3 Å². The molecule has 0 fully saturated rings. The van der Waals surface area contributed by atoms with Crippen molar-refractivity contribution in [1.29, 1.82) is 0 Å². The summed E-state index contributed by atoms with van der Waals surface area (Å²) in [4.78, 5) is 0. The third kappa shape index (κ3) is 5.47. The number of benzene rings is 1. The van der Waals surface area contributed by atoms with Gasteiger partial charge in [0.1, 0.15) is 0 Å². The van der Waals surface area contributed by atoms with Crippen molar-refractivity contribution in [2.24, 2.45) is 0 Å². The van der Waals surface area contributed by atoms with E-state index in [2.05, 4.69) is 37.3 Å². The molecule has 1 heteroatoms. The molecule has 0 nitrogen and oxygen atoms in total. The Bertz CT molecular complexity index is 170. The predicted molar refractivity (Wildman–Crippen MR) is 51.5 cm³/mol. The van der Waals surface area contributed by atoms with Gasteiger partial charge in [0.05, 0.1) is 0 Å². The minimum Gasteiger partial charge on any atom is -0.358 e. The van der Waals surface area contributed by atoms with Crippen LogP contribution < -0.4 is 18.9 Å². The molecule has 0 spiro atoms. The SMILES string of the molecule is CCCCc1ccccc1.[CH3-].[Li+]. The van der Waals surface area contributed by atoms with Gasteiger partial charge in [0.25, 0.3) is 0 Å². The summed E-state index contributed by atoms with van der Waals surface area (Å²) in [6, 6.07) is 10.6. The van der Waals surface area contributed by atoms with Crippen molar-refractivity contribution in [3.8, 4) is 0 Å². The first-order valence-electron chi connectivity index (χ1n) is 3.97. The zero-order valence-corrected chi connectivity index (χ0v) is 8.51. The average molecular weight is 156 g/mol. The van der Waals surface area contributed by atoms with Gasteiger partial charge >= 0.3 is 18.9 Å². The van der Waals surface area contributed by atoms with E-state index in [1.54, 1.807) is 0 Å². The fraction of sp³-hybridized carbons (Fsp3) is 0.364. The molecular weight excluding hydrogens is 139 g/mol. The molecule has 0 aliphatic carbocycles. The Hall–Kier alpha value is -0.183. The third-order valence-corrected chi connectivity index (χ3v) is 1.66. The molecule has 0 aliphatic heterocycles. The van der Waals surface area contributed by atoms with E-state index in [0.717, 1.165) is 0 Å². The van der Waals surface area contributed by atoms with Crippen molar-refractivity contribution in [2.45, 2.75) is 26.2 Å².